The number of amides is 1. The number of hydrogen-bond donors (Lipinski definition) is 1. The van der Waals surface area contributed by atoms with Gasteiger partial charge in [-0.2, -0.15) is 0 Å². The maximum absolute atomic E-state index is 11.9. The number of carbonyl (C=O) groups excluding carboxylic acids is 2. The Morgan fingerprint density at radius 2 is 1.92 bits per heavy atom. The fraction of sp³-hybridized carbons (Fsp3) is 0.333. The lowest BCUT2D eigenvalue weighted by atomic mass is 10.2. The smallest absolute Gasteiger partial charge is 0.338 e. The third kappa shape index (κ3) is 5.79. The van der Waals surface area contributed by atoms with Crippen molar-refractivity contribution in [3.05, 3.63) is 54.0 Å². The van der Waals surface area contributed by atoms with Gasteiger partial charge in [-0.1, -0.05) is 13.8 Å². The Balaban J connectivity index is 1.74. The number of benzene rings is 1. The molecular formula is C18H21NO5. The lowest BCUT2D eigenvalue weighted by Crippen LogP contribution is -2.28. The fourth-order valence-corrected chi connectivity index (χ4v) is 1.81. The number of esters is 1. The van der Waals surface area contributed by atoms with E-state index in [0.717, 1.165) is 0 Å². The van der Waals surface area contributed by atoms with E-state index >= 15 is 0 Å². The van der Waals surface area contributed by atoms with E-state index in [1.54, 1.807) is 36.4 Å². The highest BCUT2D eigenvalue weighted by Crippen LogP contribution is 2.14. The van der Waals surface area contributed by atoms with Gasteiger partial charge in [0.2, 0.25) is 0 Å². The average molecular weight is 331 g/mol. The zero-order valence-corrected chi connectivity index (χ0v) is 13.8. The summed E-state index contributed by atoms with van der Waals surface area (Å²) >= 11 is 0. The van der Waals surface area contributed by atoms with E-state index in [4.69, 9.17) is 13.9 Å². The summed E-state index contributed by atoms with van der Waals surface area (Å²) in [5, 5.41) is 2.60. The Bertz CT molecular complexity index is 647. The molecule has 1 amide bonds. The fourth-order valence-electron chi connectivity index (χ4n) is 1.81. The number of furan rings is 1. The highest BCUT2D eigenvalue weighted by Gasteiger charge is 2.10. The van der Waals surface area contributed by atoms with Crippen molar-refractivity contribution in [2.75, 3.05) is 13.2 Å². The van der Waals surface area contributed by atoms with Gasteiger partial charge in [-0.15, -0.1) is 0 Å². The molecule has 0 fully saturated rings. The van der Waals surface area contributed by atoms with Crippen LogP contribution in [0.4, 0.5) is 0 Å². The molecule has 0 aliphatic heterocycles. The molecule has 6 nitrogen and oxygen atoms in total. The molecule has 2 rings (SSSR count). The molecule has 1 heterocycles. The Morgan fingerprint density at radius 3 is 2.54 bits per heavy atom. The van der Waals surface area contributed by atoms with Gasteiger partial charge >= 0.3 is 5.97 Å². The lowest BCUT2D eigenvalue weighted by molar-refractivity contribution is -0.124. The molecule has 1 N–H and O–H groups in total. The van der Waals surface area contributed by atoms with Crippen molar-refractivity contribution in [1.82, 2.24) is 5.32 Å². The normalized spacial score (nSPS) is 10.5. The minimum Gasteiger partial charge on any atom is -0.493 e. The van der Waals surface area contributed by atoms with Gasteiger partial charge in [-0.25, -0.2) is 4.79 Å². The molecule has 0 spiro atoms. The molecule has 0 aliphatic carbocycles. The summed E-state index contributed by atoms with van der Waals surface area (Å²) in [7, 11) is 0. The van der Waals surface area contributed by atoms with Gasteiger partial charge in [0, 0.05) is 0 Å². The molecule has 1 aromatic heterocycles. The minimum atomic E-state index is -0.557. The van der Waals surface area contributed by atoms with Crippen LogP contribution < -0.4 is 10.1 Å². The van der Waals surface area contributed by atoms with Gasteiger partial charge in [0.15, 0.2) is 6.61 Å². The van der Waals surface area contributed by atoms with Crippen LogP contribution in [0.1, 0.15) is 30.0 Å². The second-order valence-corrected chi connectivity index (χ2v) is 5.66. The van der Waals surface area contributed by atoms with Gasteiger partial charge in [0.25, 0.3) is 5.91 Å². The van der Waals surface area contributed by atoms with Gasteiger partial charge in [0.05, 0.1) is 25.0 Å². The van der Waals surface area contributed by atoms with E-state index in [1.165, 1.54) is 6.26 Å². The molecule has 2 aromatic rings. The van der Waals surface area contributed by atoms with Crippen LogP contribution in [-0.4, -0.2) is 25.1 Å². The molecule has 24 heavy (non-hydrogen) atoms. The summed E-state index contributed by atoms with van der Waals surface area (Å²) in [6.45, 7) is 4.64. The molecule has 0 saturated heterocycles. The van der Waals surface area contributed by atoms with E-state index in [1.807, 2.05) is 0 Å². The van der Waals surface area contributed by atoms with E-state index in [9.17, 15) is 9.59 Å². The minimum absolute atomic E-state index is 0.255. The van der Waals surface area contributed by atoms with Crippen LogP contribution in [0.2, 0.25) is 0 Å². The van der Waals surface area contributed by atoms with Crippen molar-refractivity contribution < 1.29 is 23.5 Å². The van der Waals surface area contributed by atoms with Crippen LogP contribution in [-0.2, 0) is 16.1 Å². The van der Waals surface area contributed by atoms with Gasteiger partial charge in [-0.05, 0) is 42.3 Å². The highest BCUT2D eigenvalue weighted by atomic mass is 16.5. The van der Waals surface area contributed by atoms with Gasteiger partial charge in [-0.3, -0.25) is 4.79 Å². The van der Waals surface area contributed by atoms with Gasteiger partial charge < -0.3 is 19.2 Å². The van der Waals surface area contributed by atoms with Crippen molar-refractivity contribution in [2.45, 2.75) is 20.4 Å². The number of ether oxygens (including phenoxy) is 2. The molecule has 0 aliphatic rings. The summed E-state index contributed by atoms with van der Waals surface area (Å²) in [5.74, 6) is 0.799. The lowest BCUT2D eigenvalue weighted by Gasteiger charge is -2.09. The van der Waals surface area contributed by atoms with Crippen LogP contribution >= 0.6 is 0 Å². The topological polar surface area (TPSA) is 77.8 Å². The predicted octanol–water partition coefficient (Wildman–Crippen LogP) is 2.79. The molecule has 128 valence electrons. The summed E-state index contributed by atoms with van der Waals surface area (Å²) in [6.07, 6.45) is 1.52. The van der Waals surface area contributed by atoms with Crippen molar-refractivity contribution in [3.63, 3.8) is 0 Å². The van der Waals surface area contributed by atoms with Crippen LogP contribution in [0.25, 0.3) is 0 Å². The SMILES string of the molecule is CC(C)COc1ccc(C(=O)OCC(=O)NCc2ccco2)cc1. The Morgan fingerprint density at radius 1 is 1.17 bits per heavy atom. The first-order valence-corrected chi connectivity index (χ1v) is 7.73. The number of carbonyl (C=O) groups is 2. The zero-order valence-electron chi connectivity index (χ0n) is 13.8. The first-order valence-electron chi connectivity index (χ1n) is 7.73. The molecule has 0 atom stereocenters. The van der Waals surface area contributed by atoms with Crippen LogP contribution in [0, 0.1) is 5.92 Å². The second kappa shape index (κ2) is 8.76. The van der Waals surface area contributed by atoms with Crippen molar-refractivity contribution >= 4 is 11.9 Å². The quantitative estimate of drug-likeness (QED) is 0.753. The first kappa shape index (κ1) is 17.6. The van der Waals surface area contributed by atoms with Crippen LogP contribution in [0.3, 0.4) is 0 Å². The summed E-state index contributed by atoms with van der Waals surface area (Å²) in [5.41, 5.74) is 0.366. The maximum atomic E-state index is 11.9. The maximum Gasteiger partial charge on any atom is 0.338 e. The second-order valence-electron chi connectivity index (χ2n) is 5.66. The molecule has 0 unspecified atom stereocenters. The summed E-state index contributed by atoms with van der Waals surface area (Å²) in [4.78, 5) is 23.5. The molecule has 6 heteroatoms. The molecule has 0 radical (unpaired) electrons. The molecule has 1 aromatic carbocycles. The van der Waals surface area contributed by atoms with E-state index in [2.05, 4.69) is 19.2 Å². The average Bonchev–Trinajstić information content (AvgIpc) is 3.10. The van der Waals surface area contributed by atoms with Crippen LogP contribution in [0.15, 0.2) is 47.1 Å². The van der Waals surface area contributed by atoms with Crippen molar-refractivity contribution in [1.29, 1.82) is 0 Å². The Kier molecular flexibility index (Phi) is 6.42. The monoisotopic (exact) mass is 331 g/mol. The Hall–Kier alpha value is -2.76. The van der Waals surface area contributed by atoms with Gasteiger partial charge in [0.1, 0.15) is 11.5 Å². The van der Waals surface area contributed by atoms with Crippen molar-refractivity contribution in [3.8, 4) is 5.75 Å². The highest BCUT2D eigenvalue weighted by molar-refractivity contribution is 5.91. The first-order chi connectivity index (χ1) is 11.5. The van der Waals surface area contributed by atoms with Crippen molar-refractivity contribution in [2.24, 2.45) is 5.92 Å². The largest absolute Gasteiger partial charge is 0.493 e. The standard InChI is InChI=1S/C18H21NO5/c1-13(2)11-23-15-7-5-14(6-8-15)18(21)24-12-17(20)19-10-16-4-3-9-22-16/h3-9,13H,10-12H2,1-2H3,(H,19,20). The third-order valence-corrected chi connectivity index (χ3v) is 3.05. The molecule has 0 saturated carbocycles. The van der Waals surface area contributed by atoms with Crippen LogP contribution in [0.5, 0.6) is 5.75 Å². The van der Waals surface area contributed by atoms with E-state index in [-0.39, 0.29) is 13.2 Å². The molecular weight excluding hydrogens is 310 g/mol. The summed E-state index contributed by atoms with van der Waals surface area (Å²) in [6, 6.07) is 10.1. The third-order valence-electron chi connectivity index (χ3n) is 3.05. The van der Waals surface area contributed by atoms with E-state index in [0.29, 0.717) is 29.6 Å². The number of rotatable bonds is 8. The predicted molar refractivity (Wildman–Crippen MR) is 87.6 cm³/mol. The Labute approximate surface area is 140 Å². The number of nitrogens with one attached hydrogen (secondary N) is 1. The van der Waals surface area contributed by atoms with E-state index < -0.39 is 11.9 Å². The number of hydrogen-bond acceptors (Lipinski definition) is 5. The zero-order chi connectivity index (χ0) is 17.4. The molecule has 0 bridgehead atoms. The summed E-state index contributed by atoms with van der Waals surface area (Å²) < 4.78 is 15.6.